The highest BCUT2D eigenvalue weighted by molar-refractivity contribution is 7.92. The van der Waals surface area contributed by atoms with E-state index in [1.165, 1.54) is 24.1 Å². The highest BCUT2D eigenvalue weighted by atomic mass is 35.5. The lowest BCUT2D eigenvalue weighted by atomic mass is 10.1. The summed E-state index contributed by atoms with van der Waals surface area (Å²) in [5, 5.41) is 3.78. The topological polar surface area (TPSA) is 96.0 Å². The predicted molar refractivity (Wildman–Crippen MR) is 165 cm³/mol. The smallest absolute Gasteiger partial charge is 0.264 e. The second-order valence-corrected chi connectivity index (χ2v) is 12.9. The van der Waals surface area contributed by atoms with Crippen molar-refractivity contribution in [1.29, 1.82) is 0 Å². The van der Waals surface area contributed by atoms with Gasteiger partial charge in [-0.05, 0) is 73.4 Å². The molecule has 2 amide bonds. The van der Waals surface area contributed by atoms with E-state index in [1.807, 2.05) is 6.92 Å². The minimum atomic E-state index is -4.15. The zero-order valence-corrected chi connectivity index (χ0v) is 26.0. The van der Waals surface area contributed by atoms with Crippen LogP contribution in [-0.4, -0.2) is 50.9 Å². The third kappa shape index (κ3) is 7.56. The molecule has 1 fully saturated rings. The van der Waals surface area contributed by atoms with Crippen LogP contribution < -0.4 is 14.4 Å². The lowest BCUT2D eigenvalue weighted by Crippen LogP contribution is -2.53. The SMILES string of the molecule is CCC(C(=O)NC1CCCC1)N(Cc1ccc(Cl)c(Cl)c1)C(=O)CN(c1ccc(OC)cc1)S(=O)(=O)c1ccccc1. The number of carbonyl (C=O) groups excluding carboxylic acids is 2. The molecule has 3 aromatic carbocycles. The van der Waals surface area contributed by atoms with Gasteiger partial charge in [-0.2, -0.15) is 0 Å². The van der Waals surface area contributed by atoms with Gasteiger partial charge in [-0.15, -0.1) is 0 Å². The number of hydrogen-bond donors (Lipinski definition) is 1. The van der Waals surface area contributed by atoms with Crippen molar-refractivity contribution in [3.8, 4) is 5.75 Å². The van der Waals surface area contributed by atoms with Crippen molar-refractivity contribution in [3.05, 3.63) is 88.4 Å². The summed E-state index contributed by atoms with van der Waals surface area (Å²) in [7, 11) is -2.64. The molecule has 1 unspecified atom stereocenters. The van der Waals surface area contributed by atoms with Gasteiger partial charge in [-0.3, -0.25) is 13.9 Å². The van der Waals surface area contributed by atoms with Crippen molar-refractivity contribution in [2.24, 2.45) is 0 Å². The molecule has 0 bridgehead atoms. The van der Waals surface area contributed by atoms with Gasteiger partial charge < -0.3 is 15.0 Å². The first-order valence-electron chi connectivity index (χ1n) is 13.9. The van der Waals surface area contributed by atoms with Gasteiger partial charge in [-0.25, -0.2) is 8.42 Å². The maximum Gasteiger partial charge on any atom is 0.264 e. The Labute approximate surface area is 257 Å². The van der Waals surface area contributed by atoms with Crippen LogP contribution in [0.1, 0.15) is 44.6 Å². The van der Waals surface area contributed by atoms with Crippen LogP contribution in [-0.2, 0) is 26.2 Å². The van der Waals surface area contributed by atoms with Crippen LogP contribution in [0.15, 0.2) is 77.7 Å². The van der Waals surface area contributed by atoms with Crippen molar-refractivity contribution in [1.82, 2.24) is 10.2 Å². The van der Waals surface area contributed by atoms with E-state index in [-0.39, 0.29) is 29.1 Å². The van der Waals surface area contributed by atoms with E-state index in [0.29, 0.717) is 27.8 Å². The van der Waals surface area contributed by atoms with Crippen LogP contribution in [0, 0.1) is 0 Å². The molecular weight excluding hydrogens is 597 g/mol. The Morgan fingerprint density at radius 1 is 0.976 bits per heavy atom. The quantitative estimate of drug-likeness (QED) is 0.262. The molecule has 0 radical (unpaired) electrons. The minimum Gasteiger partial charge on any atom is -0.497 e. The maximum absolute atomic E-state index is 14.2. The van der Waals surface area contributed by atoms with E-state index in [2.05, 4.69) is 5.32 Å². The molecular formula is C31H35Cl2N3O5S. The Hall–Kier alpha value is -3.27. The van der Waals surface area contributed by atoms with E-state index in [4.69, 9.17) is 27.9 Å². The standard InChI is InChI=1S/C31H35Cl2N3O5S/c1-3-29(31(38)34-23-9-7-8-10-23)35(20-22-13-18-27(32)28(33)19-22)30(37)21-36(24-14-16-25(41-2)17-15-24)42(39,40)26-11-5-4-6-12-26/h4-6,11-19,23,29H,3,7-10,20-21H2,1-2H3,(H,34,38). The summed E-state index contributed by atoms with van der Waals surface area (Å²) in [4.78, 5) is 29.2. The summed E-state index contributed by atoms with van der Waals surface area (Å²) in [6.45, 7) is 1.34. The average Bonchev–Trinajstić information content (AvgIpc) is 3.51. The predicted octanol–water partition coefficient (Wildman–Crippen LogP) is 6.06. The number of amides is 2. The minimum absolute atomic E-state index is 0.0359. The van der Waals surface area contributed by atoms with E-state index in [9.17, 15) is 18.0 Å². The fourth-order valence-corrected chi connectivity index (χ4v) is 6.87. The number of halogens is 2. The number of nitrogens with one attached hydrogen (secondary N) is 1. The van der Waals surface area contributed by atoms with Crippen LogP contribution in [0.25, 0.3) is 0 Å². The van der Waals surface area contributed by atoms with Gasteiger partial charge in [0.25, 0.3) is 10.0 Å². The summed E-state index contributed by atoms with van der Waals surface area (Å²) in [5.74, 6) is -0.262. The molecule has 1 atom stereocenters. The first-order valence-corrected chi connectivity index (χ1v) is 16.1. The van der Waals surface area contributed by atoms with Crippen LogP contribution in [0.5, 0.6) is 5.75 Å². The van der Waals surface area contributed by atoms with Crippen molar-refractivity contribution in [3.63, 3.8) is 0 Å². The van der Waals surface area contributed by atoms with Crippen LogP contribution >= 0.6 is 23.2 Å². The number of ether oxygens (including phenoxy) is 1. The van der Waals surface area contributed by atoms with E-state index < -0.39 is 28.5 Å². The number of sulfonamides is 1. The molecule has 0 heterocycles. The summed E-state index contributed by atoms with van der Waals surface area (Å²) >= 11 is 12.4. The molecule has 1 aliphatic carbocycles. The molecule has 42 heavy (non-hydrogen) atoms. The third-order valence-electron chi connectivity index (χ3n) is 7.39. The number of carbonyl (C=O) groups is 2. The summed E-state index contributed by atoms with van der Waals surface area (Å²) < 4.78 is 34.1. The number of methoxy groups -OCH3 is 1. The van der Waals surface area contributed by atoms with E-state index >= 15 is 0 Å². The molecule has 1 N–H and O–H groups in total. The molecule has 8 nitrogen and oxygen atoms in total. The second-order valence-electron chi connectivity index (χ2n) is 10.2. The van der Waals surface area contributed by atoms with Gasteiger partial charge in [-0.1, -0.05) is 67.2 Å². The Kier molecular flexibility index (Phi) is 10.8. The molecule has 224 valence electrons. The average molecular weight is 633 g/mol. The summed E-state index contributed by atoms with van der Waals surface area (Å²) in [6, 6.07) is 18.6. The van der Waals surface area contributed by atoms with Crippen LogP contribution in [0.4, 0.5) is 5.69 Å². The van der Waals surface area contributed by atoms with Gasteiger partial charge in [0.1, 0.15) is 18.3 Å². The lowest BCUT2D eigenvalue weighted by molar-refractivity contribution is -0.140. The van der Waals surface area contributed by atoms with Crippen LogP contribution in [0.2, 0.25) is 10.0 Å². The monoisotopic (exact) mass is 631 g/mol. The number of anilines is 1. The van der Waals surface area contributed by atoms with Gasteiger partial charge in [0.2, 0.25) is 11.8 Å². The zero-order valence-electron chi connectivity index (χ0n) is 23.6. The number of benzene rings is 3. The molecule has 0 aliphatic heterocycles. The molecule has 0 aromatic heterocycles. The molecule has 1 aliphatic rings. The molecule has 0 spiro atoms. The van der Waals surface area contributed by atoms with Crippen molar-refractivity contribution in [2.75, 3.05) is 18.0 Å². The third-order valence-corrected chi connectivity index (χ3v) is 9.92. The molecule has 4 rings (SSSR count). The maximum atomic E-state index is 14.2. The molecule has 3 aromatic rings. The Morgan fingerprint density at radius 2 is 1.64 bits per heavy atom. The van der Waals surface area contributed by atoms with Gasteiger partial charge >= 0.3 is 0 Å². The number of nitrogens with zero attached hydrogens (tertiary/aromatic N) is 2. The normalized spacial score (nSPS) is 14.3. The van der Waals surface area contributed by atoms with Crippen molar-refractivity contribution >= 4 is 50.7 Å². The largest absolute Gasteiger partial charge is 0.497 e. The number of rotatable bonds is 12. The summed E-state index contributed by atoms with van der Waals surface area (Å²) in [6.07, 6.45) is 4.20. The van der Waals surface area contributed by atoms with Crippen molar-refractivity contribution in [2.45, 2.75) is 62.6 Å². The first-order chi connectivity index (χ1) is 20.1. The zero-order chi connectivity index (χ0) is 30.3. The highest BCUT2D eigenvalue weighted by Crippen LogP contribution is 2.28. The summed E-state index contributed by atoms with van der Waals surface area (Å²) in [5.41, 5.74) is 0.942. The molecule has 11 heteroatoms. The van der Waals surface area contributed by atoms with Gasteiger partial charge in [0.05, 0.1) is 27.7 Å². The molecule has 0 saturated heterocycles. The van der Waals surface area contributed by atoms with E-state index in [0.717, 1.165) is 30.0 Å². The van der Waals surface area contributed by atoms with Gasteiger partial charge in [0.15, 0.2) is 0 Å². The van der Waals surface area contributed by atoms with Crippen LogP contribution in [0.3, 0.4) is 0 Å². The highest BCUT2D eigenvalue weighted by Gasteiger charge is 2.34. The molecule has 1 saturated carbocycles. The van der Waals surface area contributed by atoms with Gasteiger partial charge in [0, 0.05) is 12.6 Å². The first kappa shape index (κ1) is 31.7. The second kappa shape index (κ2) is 14.3. The Morgan fingerprint density at radius 3 is 2.24 bits per heavy atom. The fourth-order valence-electron chi connectivity index (χ4n) is 5.12. The Bertz CT molecular complexity index is 1480. The fraction of sp³-hybridized carbons (Fsp3) is 0.355. The number of hydrogen-bond acceptors (Lipinski definition) is 5. The lowest BCUT2D eigenvalue weighted by Gasteiger charge is -2.34. The Balaban J connectivity index is 1.72. The van der Waals surface area contributed by atoms with Crippen molar-refractivity contribution < 1.29 is 22.7 Å². The van der Waals surface area contributed by atoms with E-state index in [1.54, 1.807) is 60.7 Å².